The summed E-state index contributed by atoms with van der Waals surface area (Å²) in [6.45, 7) is 4.24. The second-order valence-electron chi connectivity index (χ2n) is 4.71. The zero-order valence-corrected chi connectivity index (χ0v) is 12.2. The average molecular weight is 288 g/mol. The summed E-state index contributed by atoms with van der Waals surface area (Å²) in [5.74, 6) is 0.304. The number of pyridine rings is 1. The number of hydrogen-bond donors (Lipinski definition) is 1. The molecule has 2 aromatic heterocycles. The van der Waals surface area contributed by atoms with Gasteiger partial charge in [-0.05, 0) is 23.6 Å². The van der Waals surface area contributed by atoms with Crippen molar-refractivity contribution in [1.82, 2.24) is 15.2 Å². The Labute approximate surface area is 121 Å². The first kappa shape index (κ1) is 14.3. The molecule has 0 spiro atoms. The van der Waals surface area contributed by atoms with E-state index in [0.717, 1.165) is 17.0 Å². The number of carbonyl (C=O) groups is 1. The molecule has 0 fully saturated rings. The fourth-order valence-corrected chi connectivity index (χ4v) is 2.48. The number of carbonyl (C=O) groups excluding carboxylic acids is 1. The molecular formula is C14H16N4OS. The first-order valence-corrected chi connectivity index (χ1v) is 7.16. The topological polar surface area (TPSA) is 67.8 Å². The highest BCUT2D eigenvalue weighted by Gasteiger charge is 2.07. The quantitative estimate of drug-likeness (QED) is 0.859. The van der Waals surface area contributed by atoms with E-state index in [1.165, 1.54) is 17.4 Å². The maximum Gasteiger partial charge on any atom is 0.250 e. The van der Waals surface area contributed by atoms with Crippen LogP contribution in [0.3, 0.4) is 0 Å². The Morgan fingerprint density at radius 1 is 1.45 bits per heavy atom. The van der Waals surface area contributed by atoms with E-state index in [9.17, 15) is 4.79 Å². The van der Waals surface area contributed by atoms with Crippen molar-refractivity contribution < 1.29 is 4.79 Å². The molecular weight excluding hydrogens is 272 g/mol. The van der Waals surface area contributed by atoms with Crippen molar-refractivity contribution in [3.63, 3.8) is 0 Å². The molecule has 6 heteroatoms. The number of amides is 1. The summed E-state index contributed by atoms with van der Waals surface area (Å²) in [5, 5.41) is 12.2. The van der Waals surface area contributed by atoms with Crippen LogP contribution in [-0.2, 0) is 11.2 Å². The van der Waals surface area contributed by atoms with Crippen LogP contribution in [0.4, 0.5) is 5.13 Å². The van der Waals surface area contributed by atoms with E-state index < -0.39 is 0 Å². The number of nitrogens with one attached hydrogen (secondary N) is 1. The lowest BCUT2D eigenvalue weighted by Gasteiger charge is -1.97. The Kier molecular flexibility index (Phi) is 4.95. The largest absolute Gasteiger partial charge is 0.297 e. The van der Waals surface area contributed by atoms with E-state index in [1.54, 1.807) is 18.5 Å². The molecule has 0 aromatic carbocycles. The van der Waals surface area contributed by atoms with E-state index in [0.29, 0.717) is 11.0 Å². The highest BCUT2D eigenvalue weighted by atomic mass is 32.1. The minimum absolute atomic E-state index is 0.221. The normalized spacial score (nSPS) is 11.2. The van der Waals surface area contributed by atoms with Gasteiger partial charge in [-0.1, -0.05) is 31.3 Å². The van der Waals surface area contributed by atoms with Crippen LogP contribution >= 0.6 is 11.3 Å². The molecule has 5 nitrogen and oxygen atoms in total. The molecule has 2 aromatic rings. The zero-order chi connectivity index (χ0) is 14.4. The molecule has 0 aliphatic rings. The average Bonchev–Trinajstić information content (AvgIpc) is 2.84. The molecule has 0 aliphatic carbocycles. The summed E-state index contributed by atoms with van der Waals surface area (Å²) in [5.41, 5.74) is 0.875. The van der Waals surface area contributed by atoms with E-state index in [1.807, 2.05) is 12.1 Å². The number of aromatic nitrogens is 3. The molecule has 0 saturated carbocycles. The van der Waals surface area contributed by atoms with Gasteiger partial charge >= 0.3 is 0 Å². The monoisotopic (exact) mass is 288 g/mol. The van der Waals surface area contributed by atoms with E-state index in [4.69, 9.17) is 0 Å². The van der Waals surface area contributed by atoms with Crippen LogP contribution in [0.25, 0.3) is 6.08 Å². The number of rotatable bonds is 5. The van der Waals surface area contributed by atoms with Crippen molar-refractivity contribution in [3.8, 4) is 0 Å². The van der Waals surface area contributed by atoms with Crippen molar-refractivity contribution in [1.29, 1.82) is 0 Å². The van der Waals surface area contributed by atoms with Gasteiger partial charge in [-0.2, -0.15) is 0 Å². The minimum atomic E-state index is -0.221. The minimum Gasteiger partial charge on any atom is -0.297 e. The van der Waals surface area contributed by atoms with Crippen molar-refractivity contribution in [2.75, 3.05) is 5.32 Å². The lowest BCUT2D eigenvalue weighted by Crippen LogP contribution is -2.07. The van der Waals surface area contributed by atoms with Crippen LogP contribution in [0.15, 0.2) is 30.6 Å². The summed E-state index contributed by atoms with van der Waals surface area (Å²) in [7, 11) is 0. The third kappa shape index (κ3) is 4.55. The maximum atomic E-state index is 11.7. The Morgan fingerprint density at radius 3 is 3.00 bits per heavy atom. The predicted octanol–water partition coefficient (Wildman–Crippen LogP) is 2.78. The fraction of sp³-hybridized carbons (Fsp3) is 0.286. The van der Waals surface area contributed by atoms with Gasteiger partial charge in [0.15, 0.2) is 0 Å². The van der Waals surface area contributed by atoms with Crippen LogP contribution in [0, 0.1) is 5.92 Å². The standard InChI is InChI=1S/C14H16N4OS/c1-10(2)8-13-17-18-14(20-13)16-12(19)6-5-11-4-3-7-15-9-11/h3-7,9-10H,8H2,1-2H3,(H,16,18,19)/b6-5+. The molecule has 1 N–H and O–H groups in total. The van der Waals surface area contributed by atoms with Gasteiger partial charge in [-0.15, -0.1) is 10.2 Å². The smallest absolute Gasteiger partial charge is 0.250 e. The molecule has 2 rings (SSSR count). The van der Waals surface area contributed by atoms with Crippen molar-refractivity contribution in [3.05, 3.63) is 41.2 Å². The number of nitrogens with zero attached hydrogens (tertiary/aromatic N) is 3. The highest BCUT2D eigenvalue weighted by molar-refractivity contribution is 7.15. The summed E-state index contributed by atoms with van der Waals surface area (Å²) >= 11 is 1.41. The van der Waals surface area contributed by atoms with Gasteiger partial charge in [-0.25, -0.2) is 0 Å². The molecule has 2 heterocycles. The summed E-state index contributed by atoms with van der Waals surface area (Å²) in [6.07, 6.45) is 7.42. The number of hydrogen-bond acceptors (Lipinski definition) is 5. The Bertz CT molecular complexity index is 592. The molecule has 0 atom stereocenters. The molecule has 1 amide bonds. The second-order valence-corrected chi connectivity index (χ2v) is 5.77. The third-order valence-electron chi connectivity index (χ3n) is 2.39. The van der Waals surface area contributed by atoms with Crippen LogP contribution in [0.1, 0.15) is 24.4 Å². The van der Waals surface area contributed by atoms with Gasteiger partial charge in [0.1, 0.15) is 5.01 Å². The number of anilines is 1. The first-order valence-electron chi connectivity index (χ1n) is 6.35. The molecule has 0 aliphatic heterocycles. The van der Waals surface area contributed by atoms with Crippen molar-refractivity contribution in [2.45, 2.75) is 20.3 Å². The predicted molar refractivity (Wildman–Crippen MR) is 80.4 cm³/mol. The fourth-order valence-electron chi connectivity index (χ4n) is 1.53. The van der Waals surface area contributed by atoms with E-state index in [2.05, 4.69) is 34.3 Å². The van der Waals surface area contributed by atoms with Gasteiger partial charge in [0, 0.05) is 24.9 Å². The molecule has 104 valence electrons. The SMILES string of the molecule is CC(C)Cc1nnc(NC(=O)/C=C/c2cccnc2)s1. The van der Waals surface area contributed by atoms with Crippen LogP contribution in [0.2, 0.25) is 0 Å². The molecule has 0 saturated heterocycles. The van der Waals surface area contributed by atoms with E-state index in [-0.39, 0.29) is 5.91 Å². The summed E-state index contributed by atoms with van der Waals surface area (Å²) in [6, 6.07) is 3.70. The maximum absolute atomic E-state index is 11.7. The van der Waals surface area contributed by atoms with Crippen LogP contribution < -0.4 is 5.32 Å². The molecule has 20 heavy (non-hydrogen) atoms. The third-order valence-corrected chi connectivity index (χ3v) is 3.25. The van der Waals surface area contributed by atoms with Crippen LogP contribution in [-0.4, -0.2) is 21.1 Å². The Balaban J connectivity index is 1.91. The van der Waals surface area contributed by atoms with Crippen molar-refractivity contribution >= 4 is 28.5 Å². The first-order chi connectivity index (χ1) is 9.63. The van der Waals surface area contributed by atoms with Crippen molar-refractivity contribution in [2.24, 2.45) is 5.92 Å². The molecule has 0 bridgehead atoms. The van der Waals surface area contributed by atoms with Gasteiger partial charge in [-0.3, -0.25) is 15.1 Å². The van der Waals surface area contributed by atoms with Gasteiger partial charge in [0.2, 0.25) is 11.0 Å². The molecule has 0 radical (unpaired) electrons. The summed E-state index contributed by atoms with van der Waals surface area (Å²) < 4.78 is 0. The lowest BCUT2D eigenvalue weighted by atomic mass is 10.1. The zero-order valence-electron chi connectivity index (χ0n) is 11.4. The second kappa shape index (κ2) is 6.91. The van der Waals surface area contributed by atoms with Crippen LogP contribution in [0.5, 0.6) is 0 Å². The Morgan fingerprint density at radius 2 is 2.30 bits per heavy atom. The highest BCUT2D eigenvalue weighted by Crippen LogP contribution is 2.18. The Hall–Kier alpha value is -2.08. The van der Waals surface area contributed by atoms with Gasteiger partial charge < -0.3 is 0 Å². The van der Waals surface area contributed by atoms with Gasteiger partial charge in [0.05, 0.1) is 0 Å². The molecule has 0 unspecified atom stereocenters. The van der Waals surface area contributed by atoms with Gasteiger partial charge in [0.25, 0.3) is 0 Å². The summed E-state index contributed by atoms with van der Waals surface area (Å²) in [4.78, 5) is 15.7. The van der Waals surface area contributed by atoms with E-state index >= 15 is 0 Å². The lowest BCUT2D eigenvalue weighted by molar-refractivity contribution is -0.111.